The maximum absolute atomic E-state index is 13.7. The van der Waals surface area contributed by atoms with Crippen LogP contribution in [0.4, 0.5) is 10.5 Å². The van der Waals surface area contributed by atoms with Gasteiger partial charge in [0.25, 0.3) is 0 Å². The number of carbonyl (C=O) groups is 1. The van der Waals surface area contributed by atoms with E-state index in [1.165, 1.54) is 4.90 Å². The normalized spacial score (nSPS) is 14.6. The molecule has 0 saturated heterocycles. The van der Waals surface area contributed by atoms with Crippen LogP contribution in [-0.4, -0.2) is 28.4 Å². The molecule has 2 heterocycles. The van der Waals surface area contributed by atoms with Crippen molar-refractivity contribution in [3.8, 4) is 11.4 Å². The van der Waals surface area contributed by atoms with Crippen molar-refractivity contribution in [1.82, 2.24) is 9.47 Å². The average Bonchev–Trinajstić information content (AvgIpc) is 3.30. The number of nitrogens with zero attached hydrogens (tertiary/aromatic N) is 2. The molecular weight excluding hydrogens is 442 g/mol. The van der Waals surface area contributed by atoms with E-state index in [9.17, 15) is 4.79 Å². The molecule has 0 aliphatic carbocycles. The molecule has 1 aliphatic rings. The lowest BCUT2D eigenvalue weighted by molar-refractivity contribution is 0.194. The molecule has 1 aromatic heterocycles. The van der Waals surface area contributed by atoms with Crippen LogP contribution in [0.1, 0.15) is 29.8 Å². The van der Waals surface area contributed by atoms with Crippen LogP contribution < -0.4 is 10.1 Å². The summed E-state index contributed by atoms with van der Waals surface area (Å²) in [6, 6.07) is 28.0. The fourth-order valence-corrected chi connectivity index (χ4v) is 4.88. The minimum atomic E-state index is -0.235. The van der Waals surface area contributed by atoms with Gasteiger partial charge in [-0.3, -0.25) is 0 Å². The van der Waals surface area contributed by atoms with Crippen molar-refractivity contribution in [3.05, 3.63) is 108 Å². The number of aromatic nitrogens is 1. The number of anilines is 1. The number of para-hydroxylation sites is 1. The molecule has 0 fully saturated rings. The Morgan fingerprint density at radius 3 is 2.50 bits per heavy atom. The van der Waals surface area contributed by atoms with Gasteiger partial charge in [0.05, 0.1) is 24.9 Å². The number of urea groups is 1. The Hall–Kier alpha value is -3.64. The molecule has 172 valence electrons. The third kappa shape index (κ3) is 4.29. The van der Waals surface area contributed by atoms with Crippen molar-refractivity contribution >= 4 is 23.5 Å². The quantitative estimate of drug-likeness (QED) is 0.330. The van der Waals surface area contributed by atoms with E-state index in [1.807, 2.05) is 54.3 Å². The minimum absolute atomic E-state index is 0.146. The molecule has 3 aromatic carbocycles. The zero-order chi connectivity index (χ0) is 23.5. The third-order valence-corrected chi connectivity index (χ3v) is 6.82. The van der Waals surface area contributed by atoms with Crippen molar-refractivity contribution in [2.75, 3.05) is 18.2 Å². The smallest absolute Gasteiger partial charge is 0.322 e. The molecule has 1 atom stereocenters. The number of hydrogen-bond acceptors (Lipinski definition) is 3. The molecule has 2 amide bonds. The van der Waals surface area contributed by atoms with Crippen LogP contribution in [0.3, 0.4) is 0 Å². The summed E-state index contributed by atoms with van der Waals surface area (Å²) >= 11 is 1.71. The molecule has 6 heteroatoms. The predicted octanol–water partition coefficient (Wildman–Crippen LogP) is 6.74. The van der Waals surface area contributed by atoms with Gasteiger partial charge in [0.1, 0.15) is 5.75 Å². The largest absolute Gasteiger partial charge is 0.494 e. The van der Waals surface area contributed by atoms with Crippen molar-refractivity contribution in [2.24, 2.45) is 0 Å². The van der Waals surface area contributed by atoms with Gasteiger partial charge in [-0.2, -0.15) is 0 Å². The number of carbonyl (C=O) groups excluding carboxylic acids is 1. The topological polar surface area (TPSA) is 46.5 Å². The number of ether oxygens (including phenoxy) is 1. The fraction of sp³-hybridized carbons (Fsp3) is 0.179. The van der Waals surface area contributed by atoms with Crippen LogP contribution >= 0.6 is 11.8 Å². The summed E-state index contributed by atoms with van der Waals surface area (Å²) in [4.78, 5) is 16.9. The number of fused-ring (bicyclic) bond motifs is 3. The summed E-state index contributed by atoms with van der Waals surface area (Å²) in [6.07, 6.45) is 4.14. The lowest BCUT2D eigenvalue weighted by Gasteiger charge is -2.31. The molecule has 0 spiro atoms. The second-order valence-corrected chi connectivity index (χ2v) is 9.00. The second-order valence-electron chi connectivity index (χ2n) is 8.12. The van der Waals surface area contributed by atoms with Gasteiger partial charge in [-0.25, -0.2) is 4.79 Å². The monoisotopic (exact) mass is 469 g/mol. The average molecular weight is 470 g/mol. The summed E-state index contributed by atoms with van der Waals surface area (Å²) in [7, 11) is 0. The lowest BCUT2D eigenvalue weighted by Crippen LogP contribution is -2.37. The van der Waals surface area contributed by atoms with Gasteiger partial charge in [0.15, 0.2) is 0 Å². The zero-order valence-electron chi connectivity index (χ0n) is 19.3. The van der Waals surface area contributed by atoms with E-state index < -0.39 is 0 Å². The summed E-state index contributed by atoms with van der Waals surface area (Å²) in [5.41, 5.74) is 5.07. The summed E-state index contributed by atoms with van der Waals surface area (Å²) in [5, 5.41) is 3.10. The second kappa shape index (κ2) is 9.69. The first-order chi connectivity index (χ1) is 16.7. The van der Waals surface area contributed by atoms with Gasteiger partial charge in [-0.1, -0.05) is 30.3 Å². The van der Waals surface area contributed by atoms with E-state index in [2.05, 4.69) is 64.8 Å². The van der Waals surface area contributed by atoms with Gasteiger partial charge in [-0.15, -0.1) is 11.8 Å². The van der Waals surface area contributed by atoms with E-state index in [4.69, 9.17) is 4.74 Å². The van der Waals surface area contributed by atoms with E-state index in [0.717, 1.165) is 33.9 Å². The highest BCUT2D eigenvalue weighted by atomic mass is 32.2. The molecule has 0 unspecified atom stereocenters. The molecule has 0 bridgehead atoms. The predicted molar refractivity (Wildman–Crippen MR) is 138 cm³/mol. The van der Waals surface area contributed by atoms with Gasteiger partial charge >= 0.3 is 6.03 Å². The first-order valence-electron chi connectivity index (χ1n) is 11.4. The molecule has 34 heavy (non-hydrogen) atoms. The highest BCUT2D eigenvalue weighted by molar-refractivity contribution is 7.98. The highest BCUT2D eigenvalue weighted by Gasteiger charge is 2.33. The van der Waals surface area contributed by atoms with Crippen LogP contribution in [0.2, 0.25) is 0 Å². The maximum Gasteiger partial charge on any atom is 0.322 e. The SMILES string of the molecule is CCOc1ccc(NC(=O)N2Cc3ccccc3-n3cccc3[C@@H]2c2ccc(SC)cc2)cc1. The van der Waals surface area contributed by atoms with Gasteiger partial charge in [-0.05, 0) is 78.9 Å². The molecule has 4 aromatic rings. The Labute approximate surface area is 204 Å². The number of nitrogens with one attached hydrogen (secondary N) is 1. The summed E-state index contributed by atoms with van der Waals surface area (Å²) in [6.45, 7) is 3.06. The number of hydrogen-bond donors (Lipinski definition) is 1. The standard InChI is InChI=1S/C28H27N3O2S/c1-3-33-23-14-12-22(13-15-23)29-28(32)31-19-21-7-4-5-8-25(21)30-18-6-9-26(30)27(31)20-10-16-24(34-2)17-11-20/h4-18,27H,3,19H2,1-2H3,(H,29,32)/t27-/m0/s1. The maximum atomic E-state index is 13.7. The number of amides is 2. The van der Waals surface area contributed by atoms with Crippen LogP contribution in [0.5, 0.6) is 5.75 Å². The van der Waals surface area contributed by atoms with Crippen molar-refractivity contribution < 1.29 is 9.53 Å². The minimum Gasteiger partial charge on any atom is -0.494 e. The molecular formula is C28H27N3O2S. The Bertz CT molecular complexity index is 1280. The van der Waals surface area contributed by atoms with Crippen LogP contribution in [-0.2, 0) is 6.54 Å². The fourth-order valence-electron chi connectivity index (χ4n) is 4.47. The molecule has 0 radical (unpaired) electrons. The number of benzene rings is 3. The third-order valence-electron chi connectivity index (χ3n) is 6.07. The summed E-state index contributed by atoms with van der Waals surface area (Å²) in [5.74, 6) is 0.786. The lowest BCUT2D eigenvalue weighted by atomic mass is 10.0. The Morgan fingerprint density at radius 1 is 1.00 bits per heavy atom. The van der Waals surface area contributed by atoms with E-state index >= 15 is 0 Å². The highest BCUT2D eigenvalue weighted by Crippen LogP contribution is 2.37. The van der Waals surface area contributed by atoms with Crippen molar-refractivity contribution in [2.45, 2.75) is 24.4 Å². The van der Waals surface area contributed by atoms with Crippen molar-refractivity contribution in [3.63, 3.8) is 0 Å². The first-order valence-corrected chi connectivity index (χ1v) is 12.6. The first kappa shape index (κ1) is 22.2. The van der Waals surface area contributed by atoms with E-state index in [1.54, 1.807) is 11.8 Å². The van der Waals surface area contributed by atoms with Gasteiger partial charge in [0.2, 0.25) is 0 Å². The number of thioether (sulfide) groups is 1. The molecule has 0 saturated carbocycles. The molecule has 5 rings (SSSR count). The van der Waals surface area contributed by atoms with Crippen LogP contribution in [0.25, 0.3) is 5.69 Å². The Balaban J connectivity index is 1.55. The van der Waals surface area contributed by atoms with Crippen LogP contribution in [0, 0.1) is 0 Å². The van der Waals surface area contributed by atoms with Crippen molar-refractivity contribution in [1.29, 1.82) is 0 Å². The van der Waals surface area contributed by atoms with E-state index in [-0.39, 0.29) is 12.1 Å². The zero-order valence-corrected chi connectivity index (χ0v) is 20.1. The molecule has 5 nitrogen and oxygen atoms in total. The van der Waals surface area contributed by atoms with Crippen LogP contribution in [0.15, 0.2) is 96.0 Å². The summed E-state index contributed by atoms with van der Waals surface area (Å²) < 4.78 is 7.74. The Kier molecular flexibility index (Phi) is 6.32. The van der Waals surface area contributed by atoms with E-state index in [0.29, 0.717) is 13.2 Å². The van der Waals surface area contributed by atoms with Gasteiger partial charge < -0.3 is 19.5 Å². The Morgan fingerprint density at radius 2 is 1.76 bits per heavy atom. The van der Waals surface area contributed by atoms with Gasteiger partial charge in [0, 0.05) is 22.5 Å². The molecule has 1 N–H and O–H groups in total. The molecule has 1 aliphatic heterocycles. The number of rotatable bonds is 5.